The van der Waals surface area contributed by atoms with Gasteiger partial charge in [0.1, 0.15) is 0 Å². The molecule has 1 rings (SSSR count). The van der Waals surface area contributed by atoms with Crippen LogP contribution < -0.4 is 11.1 Å². The molecule has 0 aromatic heterocycles. The predicted octanol–water partition coefficient (Wildman–Crippen LogP) is 2.44. The molecular formula is C11H21F3N2. The van der Waals surface area contributed by atoms with E-state index in [9.17, 15) is 13.2 Å². The summed E-state index contributed by atoms with van der Waals surface area (Å²) < 4.78 is 35.5. The van der Waals surface area contributed by atoms with Crippen LogP contribution in [0.25, 0.3) is 0 Å². The van der Waals surface area contributed by atoms with Crippen molar-refractivity contribution in [2.75, 3.05) is 13.1 Å². The minimum Gasteiger partial charge on any atom is -0.324 e. The molecule has 1 fully saturated rings. The normalized spacial score (nSPS) is 20.8. The minimum atomic E-state index is -4.02. The summed E-state index contributed by atoms with van der Waals surface area (Å²) in [5, 5.41) is 3.14. The van der Waals surface area contributed by atoms with Crippen molar-refractivity contribution >= 4 is 0 Å². The van der Waals surface area contributed by atoms with Crippen molar-refractivity contribution in [2.45, 2.75) is 50.7 Å². The van der Waals surface area contributed by atoms with Gasteiger partial charge in [0.15, 0.2) is 0 Å². The summed E-state index contributed by atoms with van der Waals surface area (Å²) in [6.07, 6.45) is -1.58. The molecule has 0 aromatic rings. The molecule has 1 saturated carbocycles. The first-order valence-corrected chi connectivity index (χ1v) is 5.88. The van der Waals surface area contributed by atoms with E-state index in [0.717, 1.165) is 0 Å². The molecule has 16 heavy (non-hydrogen) atoms. The fourth-order valence-electron chi connectivity index (χ4n) is 1.82. The van der Waals surface area contributed by atoms with Crippen LogP contribution in [0.3, 0.4) is 0 Å². The summed E-state index contributed by atoms with van der Waals surface area (Å²) in [5.41, 5.74) is 5.87. The Balaban J connectivity index is 1.95. The molecule has 1 aliphatic carbocycles. The predicted molar refractivity (Wildman–Crippen MR) is 58.1 cm³/mol. The van der Waals surface area contributed by atoms with E-state index in [-0.39, 0.29) is 12.0 Å². The number of nitrogens with two attached hydrogens (primary N) is 1. The highest BCUT2D eigenvalue weighted by molar-refractivity contribution is 4.96. The highest BCUT2D eigenvalue weighted by Gasteiger charge is 2.37. The molecule has 1 aliphatic rings. The van der Waals surface area contributed by atoms with Crippen LogP contribution in [0.4, 0.5) is 13.2 Å². The summed E-state index contributed by atoms with van der Waals surface area (Å²) in [6.45, 7) is 3.33. The van der Waals surface area contributed by atoms with Gasteiger partial charge in [-0.2, -0.15) is 13.2 Å². The van der Waals surface area contributed by atoms with Gasteiger partial charge in [-0.3, -0.25) is 0 Å². The molecule has 0 amide bonds. The summed E-state index contributed by atoms with van der Waals surface area (Å²) in [6, 6.07) is 0. The third-order valence-corrected chi connectivity index (χ3v) is 3.08. The summed E-state index contributed by atoms with van der Waals surface area (Å²) >= 11 is 0. The lowest BCUT2D eigenvalue weighted by Crippen LogP contribution is -2.48. The van der Waals surface area contributed by atoms with Crippen LogP contribution >= 0.6 is 0 Å². The van der Waals surface area contributed by atoms with Crippen LogP contribution in [0.1, 0.15) is 39.0 Å². The van der Waals surface area contributed by atoms with Crippen molar-refractivity contribution in [3.63, 3.8) is 0 Å². The third-order valence-electron chi connectivity index (χ3n) is 3.08. The zero-order valence-corrected chi connectivity index (χ0v) is 9.74. The Morgan fingerprint density at radius 2 is 1.88 bits per heavy atom. The molecule has 96 valence electrons. The minimum absolute atomic E-state index is 0.190. The number of nitrogens with one attached hydrogen (secondary N) is 1. The fourth-order valence-corrected chi connectivity index (χ4v) is 1.82. The largest absolute Gasteiger partial charge is 0.389 e. The number of rotatable bonds is 7. The summed E-state index contributed by atoms with van der Waals surface area (Å²) in [7, 11) is 0. The second-order valence-corrected chi connectivity index (χ2v) is 5.03. The zero-order chi connectivity index (χ0) is 12.2. The molecule has 5 heteroatoms. The zero-order valence-electron chi connectivity index (χ0n) is 9.74. The Kier molecular flexibility index (Phi) is 4.62. The van der Waals surface area contributed by atoms with Crippen LogP contribution in [0, 0.1) is 5.92 Å². The molecule has 0 saturated heterocycles. The van der Waals surface area contributed by atoms with Gasteiger partial charge in [-0.15, -0.1) is 0 Å². The van der Waals surface area contributed by atoms with E-state index < -0.39 is 12.6 Å². The average Bonchev–Trinajstić information content (AvgIpc) is 2.91. The molecular weight excluding hydrogens is 217 g/mol. The molecule has 0 heterocycles. The van der Waals surface area contributed by atoms with E-state index in [1.807, 2.05) is 6.92 Å². The Morgan fingerprint density at radius 1 is 1.25 bits per heavy atom. The number of unbranched alkanes of at least 4 members (excludes halogenated alkanes) is 1. The maximum atomic E-state index is 11.8. The van der Waals surface area contributed by atoms with Crippen LogP contribution in [0.5, 0.6) is 0 Å². The Labute approximate surface area is 94.8 Å². The van der Waals surface area contributed by atoms with Gasteiger partial charge in [0.25, 0.3) is 0 Å². The van der Waals surface area contributed by atoms with Crippen molar-refractivity contribution in [2.24, 2.45) is 11.7 Å². The van der Waals surface area contributed by atoms with E-state index in [4.69, 9.17) is 5.73 Å². The lowest BCUT2D eigenvalue weighted by molar-refractivity contribution is -0.135. The number of halogens is 3. The van der Waals surface area contributed by atoms with E-state index in [2.05, 4.69) is 5.32 Å². The molecule has 1 unspecified atom stereocenters. The monoisotopic (exact) mass is 238 g/mol. The first kappa shape index (κ1) is 13.8. The van der Waals surface area contributed by atoms with E-state index in [1.54, 1.807) is 0 Å². The summed E-state index contributed by atoms with van der Waals surface area (Å²) in [5.74, 6) is 0.593. The van der Waals surface area contributed by atoms with Crippen LogP contribution in [0.2, 0.25) is 0 Å². The summed E-state index contributed by atoms with van der Waals surface area (Å²) in [4.78, 5) is 0. The molecule has 0 radical (unpaired) electrons. The van der Waals surface area contributed by atoms with E-state index in [1.165, 1.54) is 12.8 Å². The highest BCUT2D eigenvalue weighted by atomic mass is 19.4. The molecule has 0 aliphatic heterocycles. The maximum Gasteiger partial charge on any atom is 0.389 e. The Bertz CT molecular complexity index is 210. The Morgan fingerprint density at radius 3 is 2.38 bits per heavy atom. The first-order valence-electron chi connectivity index (χ1n) is 5.88. The van der Waals surface area contributed by atoms with E-state index in [0.29, 0.717) is 25.4 Å². The number of hydrogen-bond acceptors (Lipinski definition) is 2. The fraction of sp³-hybridized carbons (Fsp3) is 1.00. The molecule has 0 aromatic carbocycles. The van der Waals surface area contributed by atoms with Gasteiger partial charge in [0.05, 0.1) is 0 Å². The second kappa shape index (κ2) is 5.36. The quantitative estimate of drug-likeness (QED) is 0.668. The SMILES string of the molecule is CC(N)(CNCCCCC(F)(F)F)C1CC1. The van der Waals surface area contributed by atoms with Gasteiger partial charge >= 0.3 is 6.18 Å². The van der Waals surface area contributed by atoms with Crippen LogP contribution in [-0.4, -0.2) is 24.8 Å². The molecule has 0 bridgehead atoms. The standard InChI is InChI=1S/C11H21F3N2/c1-10(15,9-4-5-9)8-16-7-3-2-6-11(12,13)14/h9,16H,2-8,15H2,1H3. The molecule has 3 N–H and O–H groups in total. The van der Waals surface area contributed by atoms with Gasteiger partial charge in [-0.25, -0.2) is 0 Å². The lowest BCUT2D eigenvalue weighted by atomic mass is 9.97. The van der Waals surface area contributed by atoms with E-state index >= 15 is 0 Å². The average molecular weight is 238 g/mol. The molecule has 1 atom stereocenters. The number of hydrogen-bond donors (Lipinski definition) is 2. The van der Waals surface area contributed by atoms with Gasteiger partial charge in [-0.1, -0.05) is 0 Å². The van der Waals surface area contributed by atoms with Crippen molar-refractivity contribution in [3.8, 4) is 0 Å². The lowest BCUT2D eigenvalue weighted by Gasteiger charge is -2.24. The van der Waals surface area contributed by atoms with Gasteiger partial charge in [0, 0.05) is 18.5 Å². The van der Waals surface area contributed by atoms with Gasteiger partial charge < -0.3 is 11.1 Å². The topological polar surface area (TPSA) is 38.0 Å². The van der Waals surface area contributed by atoms with Gasteiger partial charge in [0.2, 0.25) is 0 Å². The van der Waals surface area contributed by atoms with Crippen molar-refractivity contribution < 1.29 is 13.2 Å². The second-order valence-electron chi connectivity index (χ2n) is 5.03. The van der Waals surface area contributed by atoms with Crippen molar-refractivity contribution in [1.29, 1.82) is 0 Å². The van der Waals surface area contributed by atoms with Gasteiger partial charge in [-0.05, 0) is 45.1 Å². The Hall–Kier alpha value is -0.290. The molecule has 0 spiro atoms. The number of alkyl halides is 3. The van der Waals surface area contributed by atoms with Crippen molar-refractivity contribution in [1.82, 2.24) is 5.32 Å². The van der Waals surface area contributed by atoms with Crippen LogP contribution in [0.15, 0.2) is 0 Å². The highest BCUT2D eigenvalue weighted by Crippen LogP contribution is 2.37. The molecule has 2 nitrogen and oxygen atoms in total. The third kappa shape index (κ3) is 5.70. The van der Waals surface area contributed by atoms with Crippen molar-refractivity contribution in [3.05, 3.63) is 0 Å². The van der Waals surface area contributed by atoms with Crippen LogP contribution in [-0.2, 0) is 0 Å². The maximum absolute atomic E-state index is 11.8. The first-order chi connectivity index (χ1) is 7.31. The smallest absolute Gasteiger partial charge is 0.324 e.